The Bertz CT molecular complexity index is 873. The molecule has 0 radical (unpaired) electrons. The molecule has 2 unspecified atom stereocenters. The van der Waals surface area contributed by atoms with E-state index in [0.717, 1.165) is 35.9 Å². The highest BCUT2D eigenvalue weighted by Crippen LogP contribution is 2.32. The van der Waals surface area contributed by atoms with Gasteiger partial charge in [-0.2, -0.15) is 5.21 Å². The number of methoxy groups -OCH3 is 1. The zero-order chi connectivity index (χ0) is 17.2. The summed E-state index contributed by atoms with van der Waals surface area (Å²) >= 11 is 0. The van der Waals surface area contributed by atoms with Crippen LogP contribution in [0.2, 0.25) is 0 Å². The van der Waals surface area contributed by atoms with E-state index in [0.29, 0.717) is 5.82 Å². The van der Waals surface area contributed by atoms with Gasteiger partial charge in [0.1, 0.15) is 12.3 Å². The van der Waals surface area contributed by atoms with Gasteiger partial charge < -0.3 is 14.6 Å². The molecule has 1 saturated carbocycles. The minimum atomic E-state index is -0.00582. The molecule has 2 N–H and O–H groups in total. The number of ether oxygens (including phenoxy) is 1. The second-order valence-corrected chi connectivity index (χ2v) is 6.35. The summed E-state index contributed by atoms with van der Waals surface area (Å²) in [6.45, 7) is 0.283. The van der Waals surface area contributed by atoms with Crippen LogP contribution in [0.5, 0.6) is 5.75 Å². The Hall–Kier alpha value is -2.90. The first kappa shape index (κ1) is 15.6. The number of carbonyl (C=O) groups is 1. The predicted molar refractivity (Wildman–Crippen MR) is 91.2 cm³/mol. The van der Waals surface area contributed by atoms with E-state index in [2.05, 4.69) is 25.9 Å². The molecule has 0 bridgehead atoms. The number of tetrazole rings is 1. The number of nitrogens with one attached hydrogen (secondary N) is 2. The minimum absolute atomic E-state index is 0.00582. The lowest BCUT2D eigenvalue weighted by atomic mass is 10.0. The number of fused-ring (bicyclic) bond motifs is 1. The van der Waals surface area contributed by atoms with Crippen molar-refractivity contribution in [1.82, 2.24) is 30.5 Å². The van der Waals surface area contributed by atoms with Crippen molar-refractivity contribution in [3.63, 3.8) is 0 Å². The zero-order valence-electron chi connectivity index (χ0n) is 14.0. The summed E-state index contributed by atoms with van der Waals surface area (Å²) in [5.74, 6) is 1.62. The normalized spacial score (nSPS) is 20.0. The number of hydrogen-bond donors (Lipinski definition) is 2. The third-order valence-electron chi connectivity index (χ3n) is 4.85. The Morgan fingerprint density at radius 1 is 1.40 bits per heavy atom. The first-order valence-corrected chi connectivity index (χ1v) is 8.40. The van der Waals surface area contributed by atoms with Crippen LogP contribution in [0.15, 0.2) is 30.5 Å². The zero-order valence-corrected chi connectivity index (χ0v) is 14.0. The summed E-state index contributed by atoms with van der Waals surface area (Å²) in [5, 5.41) is 18.5. The van der Waals surface area contributed by atoms with Gasteiger partial charge in [-0.15, -0.1) is 10.2 Å². The molecular formula is C17H20N6O2. The van der Waals surface area contributed by atoms with E-state index in [1.807, 2.05) is 35.0 Å². The van der Waals surface area contributed by atoms with Crippen LogP contribution < -0.4 is 10.1 Å². The summed E-state index contributed by atoms with van der Waals surface area (Å²) in [7, 11) is 1.65. The Labute approximate surface area is 144 Å². The highest BCUT2D eigenvalue weighted by Gasteiger charge is 2.32. The van der Waals surface area contributed by atoms with Crippen LogP contribution in [0.25, 0.3) is 10.9 Å². The van der Waals surface area contributed by atoms with E-state index in [1.54, 1.807) is 7.11 Å². The number of H-pyrrole nitrogens is 1. The molecule has 0 spiro atoms. The van der Waals surface area contributed by atoms with Gasteiger partial charge in [0.05, 0.1) is 7.11 Å². The summed E-state index contributed by atoms with van der Waals surface area (Å²) in [6, 6.07) is 7.89. The van der Waals surface area contributed by atoms with Gasteiger partial charge in [0.2, 0.25) is 5.91 Å². The molecule has 1 amide bonds. The number of nitrogens with zero attached hydrogens (tertiary/aromatic N) is 4. The summed E-state index contributed by atoms with van der Waals surface area (Å²) in [5.41, 5.74) is 1.01. The van der Waals surface area contributed by atoms with Crippen molar-refractivity contribution in [2.24, 2.45) is 0 Å². The number of benzene rings is 1. The van der Waals surface area contributed by atoms with Crippen LogP contribution >= 0.6 is 0 Å². The number of amides is 1. The monoisotopic (exact) mass is 340 g/mol. The van der Waals surface area contributed by atoms with Gasteiger partial charge in [-0.3, -0.25) is 4.79 Å². The van der Waals surface area contributed by atoms with Crippen molar-refractivity contribution in [2.75, 3.05) is 7.11 Å². The molecule has 4 rings (SSSR count). The van der Waals surface area contributed by atoms with E-state index in [1.165, 1.54) is 0 Å². The molecule has 2 atom stereocenters. The molecule has 0 saturated heterocycles. The molecular weight excluding hydrogens is 320 g/mol. The third kappa shape index (κ3) is 3.07. The standard InChI is InChI=1S/C17H20N6O2/c1-25-12-5-6-15-11(9-12)7-8-23(15)10-16(24)18-14-4-2-3-13(14)17-19-21-22-20-17/h5-9,13-14H,2-4,10H2,1H3,(H,18,24)(H,19,20,21,22). The maximum atomic E-state index is 12.5. The number of carbonyl (C=O) groups excluding carboxylic acids is 1. The average Bonchev–Trinajstić information content (AvgIpc) is 3.35. The second kappa shape index (κ2) is 6.54. The molecule has 2 heterocycles. The molecule has 8 heteroatoms. The van der Waals surface area contributed by atoms with Gasteiger partial charge in [0, 0.05) is 29.1 Å². The van der Waals surface area contributed by atoms with Crippen molar-refractivity contribution in [1.29, 1.82) is 0 Å². The van der Waals surface area contributed by atoms with Crippen molar-refractivity contribution >= 4 is 16.8 Å². The molecule has 1 aliphatic carbocycles. The highest BCUT2D eigenvalue weighted by molar-refractivity contribution is 5.84. The van der Waals surface area contributed by atoms with Crippen LogP contribution in [-0.2, 0) is 11.3 Å². The SMILES string of the molecule is COc1ccc2c(ccn2CC(=O)NC2CCCC2c2nn[nH]n2)c1. The number of hydrogen-bond acceptors (Lipinski definition) is 5. The molecule has 3 aromatic rings. The Morgan fingerprint density at radius 2 is 2.32 bits per heavy atom. The largest absolute Gasteiger partial charge is 0.497 e. The number of aromatic amines is 1. The quantitative estimate of drug-likeness (QED) is 0.735. The lowest BCUT2D eigenvalue weighted by Crippen LogP contribution is -2.38. The number of rotatable bonds is 5. The fourth-order valence-electron chi connectivity index (χ4n) is 3.62. The van der Waals surface area contributed by atoms with Crippen molar-refractivity contribution in [2.45, 2.75) is 37.8 Å². The first-order chi connectivity index (χ1) is 12.2. The highest BCUT2D eigenvalue weighted by atomic mass is 16.5. The van der Waals surface area contributed by atoms with Crippen LogP contribution in [0.1, 0.15) is 31.0 Å². The molecule has 1 aliphatic rings. The molecule has 0 aliphatic heterocycles. The van der Waals surface area contributed by atoms with Crippen LogP contribution in [-0.4, -0.2) is 44.3 Å². The lowest BCUT2D eigenvalue weighted by molar-refractivity contribution is -0.122. The van der Waals surface area contributed by atoms with Crippen molar-refractivity contribution in [3.8, 4) is 5.75 Å². The van der Waals surface area contributed by atoms with Gasteiger partial charge in [-0.25, -0.2) is 0 Å². The van der Waals surface area contributed by atoms with Gasteiger partial charge in [0.25, 0.3) is 0 Å². The Balaban J connectivity index is 1.45. The molecule has 1 aromatic carbocycles. The minimum Gasteiger partial charge on any atom is -0.497 e. The summed E-state index contributed by atoms with van der Waals surface area (Å²) in [6.07, 6.45) is 4.89. The topological polar surface area (TPSA) is 97.7 Å². The van der Waals surface area contributed by atoms with Gasteiger partial charge in [0.15, 0.2) is 5.82 Å². The van der Waals surface area contributed by atoms with Crippen LogP contribution in [0.3, 0.4) is 0 Å². The molecule has 25 heavy (non-hydrogen) atoms. The van der Waals surface area contributed by atoms with Gasteiger partial charge >= 0.3 is 0 Å². The molecule has 8 nitrogen and oxygen atoms in total. The Kier molecular flexibility index (Phi) is 4.09. The third-order valence-corrected chi connectivity index (χ3v) is 4.85. The Morgan fingerprint density at radius 3 is 3.12 bits per heavy atom. The average molecular weight is 340 g/mol. The fraction of sp³-hybridized carbons (Fsp3) is 0.412. The van der Waals surface area contributed by atoms with E-state index >= 15 is 0 Å². The van der Waals surface area contributed by atoms with Crippen LogP contribution in [0, 0.1) is 0 Å². The van der Waals surface area contributed by atoms with Crippen molar-refractivity contribution in [3.05, 3.63) is 36.3 Å². The van der Waals surface area contributed by atoms with Crippen LogP contribution in [0.4, 0.5) is 0 Å². The van der Waals surface area contributed by atoms with E-state index in [9.17, 15) is 4.79 Å². The summed E-state index contributed by atoms with van der Waals surface area (Å²) < 4.78 is 7.19. The first-order valence-electron chi connectivity index (χ1n) is 8.40. The van der Waals surface area contributed by atoms with Gasteiger partial charge in [-0.05, 0) is 37.1 Å². The van der Waals surface area contributed by atoms with E-state index in [-0.39, 0.29) is 24.4 Å². The van der Waals surface area contributed by atoms with E-state index in [4.69, 9.17) is 4.74 Å². The predicted octanol–water partition coefficient (Wildman–Crippen LogP) is 1.62. The van der Waals surface area contributed by atoms with Gasteiger partial charge in [-0.1, -0.05) is 11.6 Å². The second-order valence-electron chi connectivity index (χ2n) is 6.35. The fourth-order valence-corrected chi connectivity index (χ4v) is 3.62. The van der Waals surface area contributed by atoms with E-state index < -0.39 is 0 Å². The summed E-state index contributed by atoms with van der Waals surface area (Å²) in [4.78, 5) is 12.5. The maximum absolute atomic E-state index is 12.5. The maximum Gasteiger partial charge on any atom is 0.240 e. The molecule has 2 aromatic heterocycles. The number of aromatic nitrogens is 5. The molecule has 130 valence electrons. The van der Waals surface area contributed by atoms with Crippen molar-refractivity contribution < 1.29 is 9.53 Å². The lowest BCUT2D eigenvalue weighted by Gasteiger charge is -2.18. The smallest absolute Gasteiger partial charge is 0.240 e. The molecule has 1 fully saturated rings.